The zero-order valence-electron chi connectivity index (χ0n) is 7.33. The molecular weight excluding hydrogens is 150 g/mol. The minimum atomic E-state index is 0.436. The van der Waals surface area contributed by atoms with Crippen LogP contribution in [-0.2, 0) is 4.79 Å². The SMILES string of the molecule is O=C(C1CC2CCC1C2)N1CC1. The Morgan fingerprint density at radius 3 is 2.50 bits per heavy atom. The Kier molecular flexibility index (Phi) is 1.29. The number of hydrogen-bond acceptors (Lipinski definition) is 1. The molecule has 3 rings (SSSR count). The Morgan fingerprint density at radius 1 is 1.17 bits per heavy atom. The number of carbonyl (C=O) groups excluding carboxylic acids is 1. The molecular formula is C10H15NO. The first kappa shape index (κ1) is 6.93. The van der Waals surface area contributed by atoms with Gasteiger partial charge in [0.15, 0.2) is 0 Å². The first-order valence-electron chi connectivity index (χ1n) is 5.13. The third-order valence-electron chi connectivity index (χ3n) is 3.81. The second-order valence-electron chi connectivity index (χ2n) is 4.61. The predicted octanol–water partition coefficient (Wildman–Crippen LogP) is 1.26. The van der Waals surface area contributed by atoms with E-state index in [1.54, 1.807) is 0 Å². The van der Waals surface area contributed by atoms with Gasteiger partial charge in [0, 0.05) is 19.0 Å². The lowest BCUT2D eigenvalue weighted by Gasteiger charge is -2.20. The van der Waals surface area contributed by atoms with Gasteiger partial charge in [0.1, 0.15) is 0 Å². The molecule has 0 aromatic rings. The molecule has 0 N–H and O–H groups in total. The molecule has 3 fully saturated rings. The molecule has 2 saturated carbocycles. The summed E-state index contributed by atoms with van der Waals surface area (Å²) in [5, 5.41) is 0. The number of nitrogens with zero attached hydrogens (tertiary/aromatic N) is 1. The van der Waals surface area contributed by atoms with Gasteiger partial charge in [0.05, 0.1) is 0 Å². The minimum absolute atomic E-state index is 0.436. The molecule has 0 aromatic carbocycles. The van der Waals surface area contributed by atoms with Gasteiger partial charge in [-0.3, -0.25) is 4.79 Å². The van der Waals surface area contributed by atoms with Crippen molar-refractivity contribution in [1.82, 2.24) is 4.90 Å². The summed E-state index contributed by atoms with van der Waals surface area (Å²) in [5.74, 6) is 2.58. The summed E-state index contributed by atoms with van der Waals surface area (Å²) in [6, 6.07) is 0. The summed E-state index contributed by atoms with van der Waals surface area (Å²) in [6.07, 6.45) is 5.29. The van der Waals surface area contributed by atoms with Crippen molar-refractivity contribution in [3.8, 4) is 0 Å². The molecule has 2 nitrogen and oxygen atoms in total. The maximum Gasteiger partial charge on any atom is 0.226 e. The number of carbonyl (C=O) groups is 1. The Labute approximate surface area is 72.9 Å². The van der Waals surface area contributed by atoms with Crippen molar-refractivity contribution in [3.05, 3.63) is 0 Å². The highest BCUT2D eigenvalue weighted by Gasteiger charge is 2.45. The molecule has 2 heteroatoms. The first-order chi connectivity index (χ1) is 5.84. The van der Waals surface area contributed by atoms with Crippen LogP contribution in [0.5, 0.6) is 0 Å². The summed E-state index contributed by atoms with van der Waals surface area (Å²) < 4.78 is 0. The van der Waals surface area contributed by atoms with Gasteiger partial charge >= 0.3 is 0 Å². The van der Waals surface area contributed by atoms with E-state index in [1.165, 1.54) is 25.7 Å². The lowest BCUT2D eigenvalue weighted by molar-refractivity contribution is -0.131. The summed E-state index contributed by atoms with van der Waals surface area (Å²) in [7, 11) is 0. The fraction of sp³-hybridized carbons (Fsp3) is 0.900. The van der Waals surface area contributed by atoms with Crippen molar-refractivity contribution in [1.29, 1.82) is 0 Å². The van der Waals surface area contributed by atoms with E-state index in [4.69, 9.17) is 0 Å². The van der Waals surface area contributed by atoms with Gasteiger partial charge in [-0.1, -0.05) is 6.42 Å². The van der Waals surface area contributed by atoms with E-state index in [2.05, 4.69) is 0 Å². The molecule has 2 bridgehead atoms. The normalized spacial score (nSPS) is 43.7. The third-order valence-corrected chi connectivity index (χ3v) is 3.81. The maximum atomic E-state index is 11.7. The van der Waals surface area contributed by atoms with E-state index < -0.39 is 0 Å². The highest BCUT2D eigenvalue weighted by atomic mass is 16.2. The second-order valence-corrected chi connectivity index (χ2v) is 4.61. The van der Waals surface area contributed by atoms with Gasteiger partial charge in [0.2, 0.25) is 5.91 Å². The zero-order chi connectivity index (χ0) is 8.13. The molecule has 3 unspecified atom stereocenters. The molecule has 1 aliphatic heterocycles. The van der Waals surface area contributed by atoms with Crippen LogP contribution in [0, 0.1) is 17.8 Å². The van der Waals surface area contributed by atoms with Crippen LogP contribution >= 0.6 is 0 Å². The average molecular weight is 165 g/mol. The summed E-state index contributed by atoms with van der Waals surface area (Å²) in [4.78, 5) is 13.7. The van der Waals surface area contributed by atoms with Crippen LogP contribution in [0.2, 0.25) is 0 Å². The van der Waals surface area contributed by atoms with Crippen LogP contribution in [0.25, 0.3) is 0 Å². The fourth-order valence-electron chi connectivity index (χ4n) is 3.05. The Hall–Kier alpha value is -0.530. The minimum Gasteiger partial charge on any atom is -0.339 e. The lowest BCUT2D eigenvalue weighted by Crippen LogP contribution is -2.26. The zero-order valence-corrected chi connectivity index (χ0v) is 7.33. The van der Waals surface area contributed by atoms with Crippen molar-refractivity contribution in [2.24, 2.45) is 17.8 Å². The molecule has 1 saturated heterocycles. The van der Waals surface area contributed by atoms with Crippen molar-refractivity contribution < 1.29 is 4.79 Å². The largest absolute Gasteiger partial charge is 0.339 e. The molecule has 12 heavy (non-hydrogen) atoms. The Bertz CT molecular complexity index is 222. The number of amides is 1. The first-order valence-corrected chi connectivity index (χ1v) is 5.13. The molecule has 1 heterocycles. The van der Waals surface area contributed by atoms with Crippen LogP contribution in [-0.4, -0.2) is 23.9 Å². The van der Waals surface area contributed by atoms with E-state index in [1.807, 2.05) is 4.90 Å². The standard InChI is InChI=1S/C10H15NO/c12-10(11-3-4-11)9-6-7-1-2-8(9)5-7/h7-9H,1-6H2. The van der Waals surface area contributed by atoms with Gasteiger partial charge in [-0.2, -0.15) is 0 Å². The molecule has 2 aliphatic carbocycles. The van der Waals surface area contributed by atoms with Gasteiger partial charge in [-0.05, 0) is 31.1 Å². The fourth-order valence-corrected chi connectivity index (χ4v) is 3.05. The number of fused-ring (bicyclic) bond motifs is 2. The molecule has 0 aromatic heterocycles. The highest BCUT2D eigenvalue weighted by molar-refractivity contribution is 5.81. The van der Waals surface area contributed by atoms with E-state index in [0.29, 0.717) is 11.8 Å². The Morgan fingerprint density at radius 2 is 2.00 bits per heavy atom. The topological polar surface area (TPSA) is 20.1 Å². The smallest absolute Gasteiger partial charge is 0.226 e. The molecule has 0 radical (unpaired) electrons. The number of hydrogen-bond donors (Lipinski definition) is 0. The summed E-state index contributed by atoms with van der Waals surface area (Å²) >= 11 is 0. The van der Waals surface area contributed by atoms with Crippen molar-refractivity contribution in [2.45, 2.75) is 25.7 Å². The van der Waals surface area contributed by atoms with E-state index in [-0.39, 0.29) is 0 Å². The van der Waals surface area contributed by atoms with Crippen molar-refractivity contribution in [3.63, 3.8) is 0 Å². The van der Waals surface area contributed by atoms with E-state index in [9.17, 15) is 4.79 Å². The molecule has 3 aliphatic rings. The number of rotatable bonds is 1. The Balaban J connectivity index is 1.73. The summed E-state index contributed by atoms with van der Waals surface area (Å²) in [6.45, 7) is 2.07. The van der Waals surface area contributed by atoms with E-state index in [0.717, 1.165) is 24.9 Å². The maximum absolute atomic E-state index is 11.7. The van der Waals surface area contributed by atoms with Crippen LogP contribution in [0.4, 0.5) is 0 Å². The molecule has 0 spiro atoms. The van der Waals surface area contributed by atoms with E-state index >= 15 is 0 Å². The lowest BCUT2D eigenvalue weighted by atomic mass is 9.88. The molecule has 3 atom stereocenters. The van der Waals surface area contributed by atoms with Crippen molar-refractivity contribution in [2.75, 3.05) is 13.1 Å². The van der Waals surface area contributed by atoms with Gasteiger partial charge in [-0.15, -0.1) is 0 Å². The summed E-state index contributed by atoms with van der Waals surface area (Å²) in [5.41, 5.74) is 0. The van der Waals surface area contributed by atoms with Crippen LogP contribution in [0.15, 0.2) is 0 Å². The van der Waals surface area contributed by atoms with Crippen LogP contribution in [0.3, 0.4) is 0 Å². The van der Waals surface area contributed by atoms with Crippen molar-refractivity contribution >= 4 is 5.91 Å². The van der Waals surface area contributed by atoms with Gasteiger partial charge in [-0.25, -0.2) is 0 Å². The molecule has 1 amide bonds. The van der Waals surface area contributed by atoms with Crippen LogP contribution < -0.4 is 0 Å². The third kappa shape index (κ3) is 0.900. The van der Waals surface area contributed by atoms with Gasteiger partial charge < -0.3 is 4.90 Å². The quantitative estimate of drug-likeness (QED) is 0.536. The van der Waals surface area contributed by atoms with Gasteiger partial charge in [0.25, 0.3) is 0 Å². The highest BCUT2D eigenvalue weighted by Crippen LogP contribution is 2.49. The second kappa shape index (κ2) is 2.24. The molecule has 66 valence electrons. The predicted molar refractivity (Wildman–Crippen MR) is 45.5 cm³/mol. The van der Waals surface area contributed by atoms with Crippen LogP contribution in [0.1, 0.15) is 25.7 Å². The monoisotopic (exact) mass is 165 g/mol. The average Bonchev–Trinajstić information content (AvgIpc) is 2.73.